The average molecular weight is 389 g/mol. The number of alkyl halides is 1. The molecule has 0 bridgehead atoms. The summed E-state index contributed by atoms with van der Waals surface area (Å²) in [7, 11) is 0. The maximum atomic E-state index is 12.5. The summed E-state index contributed by atoms with van der Waals surface area (Å²) >= 11 is 7.01. The van der Waals surface area contributed by atoms with Crippen molar-refractivity contribution < 1.29 is 4.79 Å². The van der Waals surface area contributed by atoms with Crippen LogP contribution in [0.4, 0.5) is 0 Å². The fraction of sp³-hybridized carbons (Fsp3) is 0.533. The molecule has 0 aliphatic heterocycles. The van der Waals surface area contributed by atoms with E-state index in [1.54, 1.807) is 0 Å². The first kappa shape index (κ1) is 15.0. The van der Waals surface area contributed by atoms with E-state index in [1.807, 2.05) is 25.1 Å². The minimum absolute atomic E-state index is 0.0475. The monoisotopic (exact) mass is 387 g/mol. The number of carbonyl (C=O) groups excluding carboxylic acids is 1. The Morgan fingerprint density at radius 3 is 2.58 bits per heavy atom. The van der Waals surface area contributed by atoms with Crippen molar-refractivity contribution >= 4 is 37.8 Å². The Bertz CT molecular complexity index is 467. The van der Waals surface area contributed by atoms with Gasteiger partial charge in [-0.05, 0) is 43.5 Å². The number of amides is 1. The van der Waals surface area contributed by atoms with Gasteiger partial charge in [-0.15, -0.1) is 0 Å². The summed E-state index contributed by atoms with van der Waals surface area (Å²) < 4.78 is 1.01. The molecule has 0 radical (unpaired) electrons. The lowest BCUT2D eigenvalue weighted by molar-refractivity contribution is 0.0886. The summed E-state index contributed by atoms with van der Waals surface area (Å²) in [6.45, 7) is 1.97. The second-order valence-electron chi connectivity index (χ2n) is 5.39. The average Bonchev–Trinajstić information content (AvgIpc) is 2.39. The van der Waals surface area contributed by atoms with Gasteiger partial charge in [0.05, 0.1) is 5.54 Å². The zero-order chi connectivity index (χ0) is 13.9. The van der Waals surface area contributed by atoms with Gasteiger partial charge in [-0.3, -0.25) is 4.79 Å². The molecule has 19 heavy (non-hydrogen) atoms. The van der Waals surface area contributed by atoms with Crippen LogP contribution >= 0.6 is 31.9 Å². The van der Waals surface area contributed by atoms with Crippen molar-refractivity contribution in [3.05, 3.63) is 33.8 Å². The number of hydrogen-bond donors (Lipinski definition) is 1. The van der Waals surface area contributed by atoms with E-state index in [4.69, 9.17) is 0 Å². The maximum absolute atomic E-state index is 12.5. The Morgan fingerprint density at radius 1 is 1.32 bits per heavy atom. The van der Waals surface area contributed by atoms with Crippen LogP contribution in [-0.2, 0) is 0 Å². The lowest BCUT2D eigenvalue weighted by atomic mass is 9.83. The smallest absolute Gasteiger partial charge is 0.252 e. The number of hydrogen-bond acceptors (Lipinski definition) is 1. The predicted molar refractivity (Wildman–Crippen MR) is 86.0 cm³/mol. The minimum atomic E-state index is -0.0607. The molecule has 0 saturated heterocycles. The van der Waals surface area contributed by atoms with Gasteiger partial charge in [0.2, 0.25) is 0 Å². The van der Waals surface area contributed by atoms with E-state index in [9.17, 15) is 4.79 Å². The van der Waals surface area contributed by atoms with Gasteiger partial charge in [0.1, 0.15) is 0 Å². The third-order valence-corrected chi connectivity index (χ3v) is 5.44. The van der Waals surface area contributed by atoms with E-state index >= 15 is 0 Å². The van der Waals surface area contributed by atoms with Gasteiger partial charge in [0.15, 0.2) is 0 Å². The number of rotatable bonds is 3. The van der Waals surface area contributed by atoms with Crippen LogP contribution in [0.1, 0.15) is 48.0 Å². The standard InChI is InChI=1S/C15H19Br2NO/c1-11-9-12(17)5-6-13(11)14(19)18-15(10-16)7-3-2-4-8-15/h5-6,9H,2-4,7-8,10H2,1H3,(H,18,19). The zero-order valence-electron chi connectivity index (χ0n) is 11.1. The Hall–Kier alpha value is -0.350. The van der Waals surface area contributed by atoms with Gasteiger partial charge in [0.25, 0.3) is 5.91 Å². The van der Waals surface area contributed by atoms with Crippen LogP contribution in [-0.4, -0.2) is 16.8 Å². The molecule has 0 spiro atoms. The lowest BCUT2D eigenvalue weighted by Gasteiger charge is -2.36. The third kappa shape index (κ3) is 3.60. The van der Waals surface area contributed by atoms with Gasteiger partial charge in [-0.2, -0.15) is 0 Å². The molecule has 1 aliphatic carbocycles. The molecule has 4 heteroatoms. The molecule has 0 atom stereocenters. The van der Waals surface area contributed by atoms with Gasteiger partial charge in [0, 0.05) is 15.4 Å². The number of aryl methyl sites for hydroxylation is 1. The molecular formula is C15H19Br2NO. The topological polar surface area (TPSA) is 29.1 Å². The summed E-state index contributed by atoms with van der Waals surface area (Å²) in [5, 5.41) is 4.09. The normalized spacial score (nSPS) is 18.1. The largest absolute Gasteiger partial charge is 0.346 e. The lowest BCUT2D eigenvalue weighted by Crippen LogP contribution is -2.51. The van der Waals surface area contributed by atoms with E-state index < -0.39 is 0 Å². The van der Waals surface area contributed by atoms with Gasteiger partial charge in [-0.25, -0.2) is 0 Å². The van der Waals surface area contributed by atoms with Crippen LogP contribution in [0.5, 0.6) is 0 Å². The molecule has 2 rings (SSSR count). The Balaban J connectivity index is 2.15. The Morgan fingerprint density at radius 2 is 2.00 bits per heavy atom. The fourth-order valence-electron chi connectivity index (χ4n) is 2.71. The van der Waals surface area contributed by atoms with E-state index in [1.165, 1.54) is 19.3 Å². The highest BCUT2D eigenvalue weighted by Gasteiger charge is 2.32. The van der Waals surface area contributed by atoms with Crippen molar-refractivity contribution in [3.63, 3.8) is 0 Å². The molecule has 1 aliphatic rings. The van der Waals surface area contributed by atoms with E-state index in [2.05, 4.69) is 37.2 Å². The molecule has 1 aromatic rings. The summed E-state index contributed by atoms with van der Waals surface area (Å²) in [6.07, 6.45) is 5.82. The second kappa shape index (κ2) is 6.40. The van der Waals surface area contributed by atoms with Gasteiger partial charge >= 0.3 is 0 Å². The molecule has 1 saturated carbocycles. The molecule has 1 fully saturated rings. The van der Waals surface area contributed by atoms with E-state index in [-0.39, 0.29) is 11.4 Å². The van der Waals surface area contributed by atoms with Crippen LogP contribution < -0.4 is 5.32 Å². The molecule has 0 heterocycles. The molecule has 104 valence electrons. The second-order valence-corrected chi connectivity index (χ2v) is 6.86. The van der Waals surface area contributed by atoms with Crippen LogP contribution in [0, 0.1) is 6.92 Å². The molecule has 1 aromatic carbocycles. The summed E-state index contributed by atoms with van der Waals surface area (Å²) in [4.78, 5) is 12.5. The summed E-state index contributed by atoms with van der Waals surface area (Å²) in [5.41, 5.74) is 1.72. The maximum Gasteiger partial charge on any atom is 0.252 e. The van der Waals surface area contributed by atoms with Crippen molar-refractivity contribution in [1.82, 2.24) is 5.32 Å². The van der Waals surface area contributed by atoms with Crippen LogP contribution in [0.25, 0.3) is 0 Å². The first-order valence-electron chi connectivity index (χ1n) is 6.71. The minimum Gasteiger partial charge on any atom is -0.346 e. The van der Waals surface area contributed by atoms with Crippen molar-refractivity contribution in [3.8, 4) is 0 Å². The van der Waals surface area contributed by atoms with Crippen LogP contribution in [0.2, 0.25) is 0 Å². The van der Waals surface area contributed by atoms with Crippen LogP contribution in [0.3, 0.4) is 0 Å². The van der Waals surface area contributed by atoms with E-state index in [0.717, 1.165) is 33.8 Å². The first-order valence-corrected chi connectivity index (χ1v) is 8.62. The molecule has 0 unspecified atom stereocenters. The molecule has 0 aromatic heterocycles. The first-order chi connectivity index (χ1) is 9.06. The fourth-order valence-corrected chi connectivity index (χ4v) is 3.89. The zero-order valence-corrected chi connectivity index (χ0v) is 14.3. The Labute approximate surface area is 131 Å². The highest BCUT2D eigenvalue weighted by Crippen LogP contribution is 2.30. The predicted octanol–water partition coefficient (Wildman–Crippen LogP) is 4.59. The molecule has 1 amide bonds. The summed E-state index contributed by atoms with van der Waals surface area (Å²) in [5.74, 6) is 0.0475. The summed E-state index contributed by atoms with van der Waals surface area (Å²) in [6, 6.07) is 5.79. The third-order valence-electron chi connectivity index (χ3n) is 3.88. The Kier molecular flexibility index (Phi) is 5.07. The van der Waals surface area contributed by atoms with E-state index in [0.29, 0.717) is 0 Å². The van der Waals surface area contributed by atoms with Crippen molar-refractivity contribution in [2.75, 3.05) is 5.33 Å². The highest BCUT2D eigenvalue weighted by molar-refractivity contribution is 9.10. The highest BCUT2D eigenvalue weighted by atomic mass is 79.9. The SMILES string of the molecule is Cc1cc(Br)ccc1C(=O)NC1(CBr)CCCCC1. The number of halogens is 2. The number of benzene rings is 1. The number of carbonyl (C=O) groups is 1. The molecule has 2 nitrogen and oxygen atoms in total. The van der Waals surface area contributed by atoms with Crippen molar-refractivity contribution in [1.29, 1.82) is 0 Å². The quantitative estimate of drug-likeness (QED) is 0.754. The number of nitrogens with one attached hydrogen (secondary N) is 1. The van der Waals surface area contributed by atoms with Crippen molar-refractivity contribution in [2.24, 2.45) is 0 Å². The van der Waals surface area contributed by atoms with Crippen LogP contribution in [0.15, 0.2) is 22.7 Å². The molecule has 1 N–H and O–H groups in total. The van der Waals surface area contributed by atoms with Gasteiger partial charge in [-0.1, -0.05) is 51.1 Å². The molecular weight excluding hydrogens is 370 g/mol. The van der Waals surface area contributed by atoms with Crippen molar-refractivity contribution in [2.45, 2.75) is 44.6 Å². The van der Waals surface area contributed by atoms with Gasteiger partial charge < -0.3 is 5.32 Å².